The smallest absolute Gasteiger partial charge is 0.177 e. The van der Waals surface area contributed by atoms with Crippen molar-refractivity contribution in [1.82, 2.24) is 15.0 Å². The molecule has 0 aliphatic rings. The van der Waals surface area contributed by atoms with Gasteiger partial charge < -0.3 is 10.7 Å². The van der Waals surface area contributed by atoms with Crippen LogP contribution in [0.15, 0.2) is 12.1 Å². The molecule has 0 fully saturated rings. The number of nitrogens with one attached hydrogen (secondary N) is 1. The number of H-pyrrole nitrogens is 1. The first-order chi connectivity index (χ1) is 7.08. The van der Waals surface area contributed by atoms with Crippen molar-refractivity contribution in [1.29, 1.82) is 0 Å². The van der Waals surface area contributed by atoms with E-state index in [1.165, 1.54) is 0 Å². The van der Waals surface area contributed by atoms with Crippen molar-refractivity contribution in [3.8, 4) is 0 Å². The lowest BCUT2D eigenvalue weighted by molar-refractivity contribution is 0.588. The summed E-state index contributed by atoms with van der Waals surface area (Å²) in [6.45, 7) is 6.01. The molecule has 0 aliphatic heterocycles. The SMILES string of the molecule is Cc1ccc2[nH]c(C(C)C(C)N)nc2n1. The standard InChI is InChI=1S/C11H16N4/c1-6-4-5-9-11(13-6)15-10(14-9)7(2)8(3)12/h4-5,7-8H,12H2,1-3H3,(H,13,14,15). The summed E-state index contributed by atoms with van der Waals surface area (Å²) in [5, 5.41) is 0. The van der Waals surface area contributed by atoms with Crippen LogP contribution in [0.3, 0.4) is 0 Å². The summed E-state index contributed by atoms with van der Waals surface area (Å²) in [4.78, 5) is 12.1. The minimum absolute atomic E-state index is 0.0895. The number of rotatable bonds is 2. The van der Waals surface area contributed by atoms with Gasteiger partial charge in [-0.15, -0.1) is 0 Å². The van der Waals surface area contributed by atoms with E-state index in [0.29, 0.717) is 0 Å². The lowest BCUT2D eigenvalue weighted by Gasteiger charge is -2.11. The molecule has 2 aromatic rings. The molecule has 0 aromatic carbocycles. The Bertz CT molecular complexity index is 472. The third-order valence-corrected chi connectivity index (χ3v) is 2.72. The molecular weight excluding hydrogens is 188 g/mol. The Morgan fingerprint density at radius 3 is 2.67 bits per heavy atom. The zero-order chi connectivity index (χ0) is 11.0. The van der Waals surface area contributed by atoms with Gasteiger partial charge >= 0.3 is 0 Å². The van der Waals surface area contributed by atoms with E-state index in [2.05, 4.69) is 21.9 Å². The average Bonchev–Trinajstić information content (AvgIpc) is 2.58. The van der Waals surface area contributed by atoms with Crippen molar-refractivity contribution in [2.24, 2.45) is 5.73 Å². The van der Waals surface area contributed by atoms with Crippen LogP contribution < -0.4 is 5.73 Å². The minimum atomic E-state index is 0.0895. The number of pyridine rings is 1. The van der Waals surface area contributed by atoms with Crippen molar-refractivity contribution in [3.05, 3.63) is 23.7 Å². The fourth-order valence-corrected chi connectivity index (χ4v) is 1.47. The van der Waals surface area contributed by atoms with Crippen molar-refractivity contribution in [3.63, 3.8) is 0 Å². The van der Waals surface area contributed by atoms with Crippen LogP contribution in [0.1, 0.15) is 31.3 Å². The molecule has 2 atom stereocenters. The van der Waals surface area contributed by atoms with Crippen LogP contribution in [0.5, 0.6) is 0 Å². The Balaban J connectivity index is 2.47. The molecule has 4 nitrogen and oxygen atoms in total. The highest BCUT2D eigenvalue weighted by atomic mass is 15.0. The van der Waals surface area contributed by atoms with Gasteiger partial charge in [0.2, 0.25) is 0 Å². The quantitative estimate of drug-likeness (QED) is 0.782. The number of aryl methyl sites for hydroxylation is 1. The third-order valence-electron chi connectivity index (χ3n) is 2.72. The van der Waals surface area contributed by atoms with Crippen LogP contribution in [0.2, 0.25) is 0 Å². The van der Waals surface area contributed by atoms with Gasteiger partial charge in [0.1, 0.15) is 5.82 Å². The van der Waals surface area contributed by atoms with Crippen LogP contribution in [0.25, 0.3) is 11.2 Å². The molecule has 2 unspecified atom stereocenters. The van der Waals surface area contributed by atoms with Gasteiger partial charge in [0.05, 0.1) is 5.52 Å². The molecule has 2 rings (SSSR count). The van der Waals surface area contributed by atoms with Gasteiger partial charge in [-0.2, -0.15) is 0 Å². The molecule has 0 bridgehead atoms. The molecule has 0 radical (unpaired) electrons. The summed E-state index contributed by atoms with van der Waals surface area (Å²) >= 11 is 0. The van der Waals surface area contributed by atoms with Gasteiger partial charge in [-0.1, -0.05) is 6.92 Å². The fraction of sp³-hybridized carbons (Fsp3) is 0.455. The van der Waals surface area contributed by atoms with Gasteiger partial charge in [0.25, 0.3) is 0 Å². The Kier molecular flexibility index (Phi) is 2.44. The van der Waals surface area contributed by atoms with E-state index in [1.54, 1.807) is 0 Å². The molecule has 0 spiro atoms. The van der Waals surface area contributed by atoms with E-state index in [4.69, 9.17) is 5.73 Å². The van der Waals surface area contributed by atoms with Gasteiger partial charge in [0.15, 0.2) is 5.65 Å². The molecule has 80 valence electrons. The van der Waals surface area contributed by atoms with Gasteiger partial charge in [-0.3, -0.25) is 0 Å². The molecule has 2 heterocycles. The first-order valence-electron chi connectivity index (χ1n) is 5.17. The molecule has 0 saturated heterocycles. The van der Waals surface area contributed by atoms with E-state index in [1.807, 2.05) is 26.0 Å². The van der Waals surface area contributed by atoms with Gasteiger partial charge in [0, 0.05) is 17.7 Å². The van der Waals surface area contributed by atoms with Crippen LogP contribution in [0.4, 0.5) is 0 Å². The molecule has 15 heavy (non-hydrogen) atoms. The molecule has 0 aliphatic carbocycles. The first kappa shape index (κ1) is 10.1. The lowest BCUT2D eigenvalue weighted by atomic mass is 10.0. The predicted octanol–water partition coefficient (Wildman–Crippen LogP) is 1.72. The second kappa shape index (κ2) is 3.62. The van der Waals surface area contributed by atoms with E-state index >= 15 is 0 Å². The normalized spacial score (nSPS) is 15.5. The maximum Gasteiger partial charge on any atom is 0.177 e. The largest absolute Gasteiger partial charge is 0.340 e. The summed E-state index contributed by atoms with van der Waals surface area (Å²) < 4.78 is 0. The van der Waals surface area contributed by atoms with E-state index in [0.717, 1.165) is 22.7 Å². The predicted molar refractivity (Wildman–Crippen MR) is 60.7 cm³/mol. The summed E-state index contributed by atoms with van der Waals surface area (Å²) in [7, 11) is 0. The molecule has 4 heteroatoms. The fourth-order valence-electron chi connectivity index (χ4n) is 1.47. The second-order valence-corrected chi connectivity index (χ2v) is 4.09. The van der Waals surface area contributed by atoms with Crippen molar-refractivity contribution in [2.45, 2.75) is 32.7 Å². The van der Waals surface area contributed by atoms with Crippen LogP contribution >= 0.6 is 0 Å². The minimum Gasteiger partial charge on any atom is -0.340 e. The maximum atomic E-state index is 5.84. The number of fused-ring (bicyclic) bond motifs is 1. The number of nitrogens with two attached hydrogens (primary N) is 1. The summed E-state index contributed by atoms with van der Waals surface area (Å²) in [5.41, 5.74) is 8.57. The molecule has 0 saturated carbocycles. The molecule has 0 amide bonds. The highest BCUT2D eigenvalue weighted by molar-refractivity contribution is 5.70. The number of imidazole rings is 1. The third kappa shape index (κ3) is 1.85. The van der Waals surface area contributed by atoms with Crippen LogP contribution in [0, 0.1) is 6.92 Å². The maximum absolute atomic E-state index is 5.84. The summed E-state index contributed by atoms with van der Waals surface area (Å²) in [6.07, 6.45) is 0. The monoisotopic (exact) mass is 204 g/mol. The Labute approximate surface area is 88.9 Å². The van der Waals surface area contributed by atoms with E-state index in [-0.39, 0.29) is 12.0 Å². The van der Waals surface area contributed by atoms with Gasteiger partial charge in [-0.05, 0) is 26.0 Å². The lowest BCUT2D eigenvalue weighted by Crippen LogP contribution is -2.23. The average molecular weight is 204 g/mol. The van der Waals surface area contributed by atoms with Crippen molar-refractivity contribution >= 4 is 11.2 Å². The van der Waals surface area contributed by atoms with Gasteiger partial charge in [-0.25, -0.2) is 9.97 Å². The zero-order valence-corrected chi connectivity index (χ0v) is 9.28. The summed E-state index contributed by atoms with van der Waals surface area (Å²) in [5.74, 6) is 1.14. The number of aromatic nitrogens is 3. The number of nitrogens with zero attached hydrogens (tertiary/aromatic N) is 2. The zero-order valence-electron chi connectivity index (χ0n) is 9.28. The Hall–Kier alpha value is -1.42. The number of hydrogen-bond acceptors (Lipinski definition) is 3. The highest BCUT2D eigenvalue weighted by Gasteiger charge is 2.14. The van der Waals surface area contributed by atoms with E-state index in [9.17, 15) is 0 Å². The second-order valence-electron chi connectivity index (χ2n) is 4.09. The van der Waals surface area contributed by atoms with Crippen LogP contribution in [-0.4, -0.2) is 21.0 Å². The molecular formula is C11H16N4. The van der Waals surface area contributed by atoms with Crippen LogP contribution in [-0.2, 0) is 0 Å². The number of hydrogen-bond donors (Lipinski definition) is 2. The summed E-state index contributed by atoms with van der Waals surface area (Å²) in [6, 6.07) is 4.06. The Morgan fingerprint density at radius 1 is 1.27 bits per heavy atom. The van der Waals surface area contributed by atoms with E-state index < -0.39 is 0 Å². The molecule has 3 N–H and O–H groups in total. The number of aromatic amines is 1. The first-order valence-corrected chi connectivity index (χ1v) is 5.17. The highest BCUT2D eigenvalue weighted by Crippen LogP contribution is 2.18. The van der Waals surface area contributed by atoms with Crippen molar-refractivity contribution in [2.75, 3.05) is 0 Å². The molecule has 2 aromatic heterocycles. The Morgan fingerprint density at radius 2 is 2.00 bits per heavy atom. The topological polar surface area (TPSA) is 67.6 Å². The van der Waals surface area contributed by atoms with Crippen molar-refractivity contribution < 1.29 is 0 Å².